The van der Waals surface area contributed by atoms with Gasteiger partial charge in [-0.2, -0.15) is 0 Å². The van der Waals surface area contributed by atoms with Gasteiger partial charge in [-0.05, 0) is 31.4 Å². The van der Waals surface area contributed by atoms with Crippen molar-refractivity contribution in [1.82, 2.24) is 9.97 Å². The molecule has 0 amide bonds. The Morgan fingerprint density at radius 1 is 1.38 bits per heavy atom. The molecule has 2 aromatic rings. The lowest BCUT2D eigenvalue weighted by molar-refractivity contribution is 0.571. The number of nitrogen functional groups attached to an aromatic ring is 1. The van der Waals surface area contributed by atoms with Crippen LogP contribution < -0.4 is 5.73 Å². The van der Waals surface area contributed by atoms with E-state index < -0.39 is 0 Å². The number of nitrogens with two attached hydrogens (primary N) is 1. The quantitative estimate of drug-likeness (QED) is 0.820. The van der Waals surface area contributed by atoms with E-state index in [0.717, 1.165) is 19.3 Å². The Kier molecular flexibility index (Phi) is 2.36. The van der Waals surface area contributed by atoms with Crippen LogP contribution >= 0.6 is 11.3 Å². The lowest BCUT2D eigenvalue weighted by Gasteiger charge is -2.20. The van der Waals surface area contributed by atoms with Gasteiger partial charge in [-0.15, -0.1) is 11.3 Å². The average Bonchev–Trinajstić information content (AvgIpc) is 2.69. The lowest BCUT2D eigenvalue weighted by Crippen LogP contribution is -2.12. The molecule has 1 atom stereocenters. The molecule has 0 aromatic carbocycles. The number of aromatic nitrogens is 2. The van der Waals surface area contributed by atoms with Gasteiger partial charge in [-0.25, -0.2) is 4.98 Å². The molecule has 2 N–H and O–H groups in total. The van der Waals surface area contributed by atoms with Crippen molar-refractivity contribution in [1.29, 1.82) is 0 Å². The van der Waals surface area contributed by atoms with E-state index in [1.807, 2.05) is 12.3 Å². The Hall–Kier alpha value is -1.42. The molecular formula is C12H13N3S. The molecule has 0 spiro atoms. The maximum atomic E-state index is 5.73. The van der Waals surface area contributed by atoms with E-state index in [-0.39, 0.29) is 0 Å². The Morgan fingerprint density at radius 2 is 2.31 bits per heavy atom. The molecular weight excluding hydrogens is 218 g/mol. The number of pyridine rings is 1. The minimum atomic E-state index is 0.536. The van der Waals surface area contributed by atoms with E-state index in [1.165, 1.54) is 16.3 Å². The molecule has 82 valence electrons. The zero-order valence-corrected chi connectivity index (χ0v) is 9.70. The number of fused-ring (bicyclic) bond motifs is 1. The summed E-state index contributed by atoms with van der Waals surface area (Å²) >= 11 is 1.63. The first-order valence-corrected chi connectivity index (χ1v) is 6.29. The van der Waals surface area contributed by atoms with Crippen LogP contribution in [0.15, 0.2) is 24.4 Å². The number of hydrogen-bond donors (Lipinski definition) is 1. The molecule has 0 fully saturated rings. The molecule has 1 aliphatic rings. The second-order valence-corrected chi connectivity index (χ2v) is 5.23. The van der Waals surface area contributed by atoms with Crippen molar-refractivity contribution in [2.45, 2.75) is 25.2 Å². The van der Waals surface area contributed by atoms with Gasteiger partial charge in [0.2, 0.25) is 0 Å². The molecule has 2 heterocycles. The van der Waals surface area contributed by atoms with E-state index >= 15 is 0 Å². The smallest absolute Gasteiger partial charge is 0.180 e. The second-order valence-electron chi connectivity index (χ2n) is 4.12. The van der Waals surface area contributed by atoms with Gasteiger partial charge in [0.25, 0.3) is 0 Å². The van der Waals surface area contributed by atoms with Crippen LogP contribution in [-0.4, -0.2) is 9.97 Å². The zero-order valence-electron chi connectivity index (χ0n) is 8.89. The van der Waals surface area contributed by atoms with Gasteiger partial charge in [0.05, 0.1) is 5.69 Å². The Balaban J connectivity index is 1.88. The molecule has 0 saturated carbocycles. The summed E-state index contributed by atoms with van der Waals surface area (Å²) in [6.07, 6.45) is 5.07. The van der Waals surface area contributed by atoms with Crippen molar-refractivity contribution in [3.63, 3.8) is 0 Å². The fraction of sp³-hybridized carbons (Fsp3) is 0.333. The van der Waals surface area contributed by atoms with Crippen LogP contribution in [0.3, 0.4) is 0 Å². The van der Waals surface area contributed by atoms with Crippen LogP contribution in [-0.2, 0) is 12.8 Å². The third kappa shape index (κ3) is 1.69. The normalized spacial score (nSPS) is 19.4. The summed E-state index contributed by atoms with van der Waals surface area (Å²) in [7, 11) is 0. The molecule has 0 saturated heterocycles. The fourth-order valence-electron chi connectivity index (χ4n) is 2.26. The third-order valence-corrected chi connectivity index (χ3v) is 4.01. The van der Waals surface area contributed by atoms with Crippen molar-refractivity contribution in [2.75, 3.05) is 5.73 Å². The molecule has 1 aliphatic carbocycles. The number of rotatable bonds is 1. The summed E-state index contributed by atoms with van der Waals surface area (Å²) in [6, 6.07) is 6.13. The maximum Gasteiger partial charge on any atom is 0.180 e. The first-order valence-electron chi connectivity index (χ1n) is 5.48. The molecule has 0 aliphatic heterocycles. The summed E-state index contributed by atoms with van der Waals surface area (Å²) in [5.74, 6) is 0.536. The van der Waals surface area contributed by atoms with Gasteiger partial charge in [0.15, 0.2) is 5.13 Å². The SMILES string of the molecule is Nc1nc2c(s1)CC(c1ccccn1)CC2. The third-order valence-electron chi connectivity index (χ3n) is 3.06. The number of anilines is 1. The van der Waals surface area contributed by atoms with Crippen molar-refractivity contribution in [3.05, 3.63) is 40.7 Å². The van der Waals surface area contributed by atoms with Gasteiger partial charge in [0.1, 0.15) is 0 Å². The molecule has 16 heavy (non-hydrogen) atoms. The zero-order chi connectivity index (χ0) is 11.0. The highest BCUT2D eigenvalue weighted by Gasteiger charge is 2.23. The molecule has 0 bridgehead atoms. The standard InChI is InChI=1S/C12H13N3S/c13-12-15-10-5-4-8(7-11(10)16-12)9-3-1-2-6-14-9/h1-3,6,8H,4-5,7H2,(H2,13,15). The number of nitrogens with zero attached hydrogens (tertiary/aromatic N) is 2. The van der Waals surface area contributed by atoms with Crippen LogP contribution in [0.5, 0.6) is 0 Å². The summed E-state index contributed by atoms with van der Waals surface area (Å²) in [4.78, 5) is 10.1. The summed E-state index contributed by atoms with van der Waals surface area (Å²) in [5.41, 5.74) is 8.13. The van der Waals surface area contributed by atoms with Gasteiger partial charge < -0.3 is 5.73 Å². The first kappa shape index (κ1) is 9.78. The molecule has 2 aromatic heterocycles. The lowest BCUT2D eigenvalue weighted by atomic mass is 9.88. The van der Waals surface area contributed by atoms with Gasteiger partial charge in [-0.3, -0.25) is 4.98 Å². The minimum absolute atomic E-state index is 0.536. The highest BCUT2D eigenvalue weighted by Crippen LogP contribution is 2.35. The summed E-state index contributed by atoms with van der Waals surface area (Å²) < 4.78 is 0. The average molecular weight is 231 g/mol. The van der Waals surface area contributed by atoms with Gasteiger partial charge in [-0.1, -0.05) is 6.07 Å². The maximum absolute atomic E-state index is 5.73. The Morgan fingerprint density at radius 3 is 3.12 bits per heavy atom. The van der Waals surface area contributed by atoms with Crippen LogP contribution in [0.25, 0.3) is 0 Å². The monoisotopic (exact) mass is 231 g/mol. The van der Waals surface area contributed by atoms with Crippen LogP contribution in [0.4, 0.5) is 5.13 Å². The fourth-order valence-corrected chi connectivity index (χ4v) is 3.22. The predicted molar refractivity (Wildman–Crippen MR) is 65.5 cm³/mol. The first-order chi connectivity index (χ1) is 7.83. The summed E-state index contributed by atoms with van der Waals surface area (Å²) in [5, 5.41) is 0.701. The van der Waals surface area contributed by atoms with Crippen LogP contribution in [0.1, 0.15) is 28.6 Å². The van der Waals surface area contributed by atoms with E-state index in [2.05, 4.69) is 22.1 Å². The highest BCUT2D eigenvalue weighted by molar-refractivity contribution is 7.15. The molecule has 4 heteroatoms. The van der Waals surface area contributed by atoms with Gasteiger partial charge >= 0.3 is 0 Å². The topological polar surface area (TPSA) is 51.8 Å². The molecule has 1 unspecified atom stereocenters. The number of hydrogen-bond acceptors (Lipinski definition) is 4. The molecule has 3 rings (SSSR count). The van der Waals surface area contributed by atoms with Crippen LogP contribution in [0, 0.1) is 0 Å². The number of thiazole rings is 1. The summed E-state index contributed by atoms with van der Waals surface area (Å²) in [6.45, 7) is 0. The predicted octanol–water partition coefficient (Wildman–Crippen LogP) is 2.39. The van der Waals surface area contributed by atoms with E-state index in [1.54, 1.807) is 11.3 Å². The van der Waals surface area contributed by atoms with Crippen LogP contribution in [0.2, 0.25) is 0 Å². The van der Waals surface area contributed by atoms with E-state index in [4.69, 9.17) is 5.73 Å². The number of aryl methyl sites for hydroxylation is 1. The van der Waals surface area contributed by atoms with Crippen molar-refractivity contribution < 1.29 is 0 Å². The largest absolute Gasteiger partial charge is 0.375 e. The van der Waals surface area contributed by atoms with Crippen molar-refractivity contribution >= 4 is 16.5 Å². The van der Waals surface area contributed by atoms with Gasteiger partial charge in [0, 0.05) is 22.7 Å². The Labute approximate surface area is 98.4 Å². The van der Waals surface area contributed by atoms with E-state index in [0.29, 0.717) is 11.0 Å². The Bertz CT molecular complexity index is 492. The molecule has 0 radical (unpaired) electrons. The highest BCUT2D eigenvalue weighted by atomic mass is 32.1. The van der Waals surface area contributed by atoms with E-state index in [9.17, 15) is 0 Å². The van der Waals surface area contributed by atoms with Crippen molar-refractivity contribution in [3.8, 4) is 0 Å². The molecule has 3 nitrogen and oxygen atoms in total. The second kappa shape index (κ2) is 3.87. The van der Waals surface area contributed by atoms with Crippen molar-refractivity contribution in [2.24, 2.45) is 0 Å². The minimum Gasteiger partial charge on any atom is -0.375 e.